The van der Waals surface area contributed by atoms with E-state index in [9.17, 15) is 4.39 Å². The molecule has 0 unspecified atom stereocenters. The molecule has 2 N–H and O–H groups in total. The number of para-hydroxylation sites is 1. The third-order valence-electron chi connectivity index (χ3n) is 3.11. The van der Waals surface area contributed by atoms with Crippen LogP contribution >= 0.6 is 0 Å². The average Bonchev–Trinajstić information content (AvgIpc) is 2.53. The highest BCUT2D eigenvalue weighted by Crippen LogP contribution is 2.28. The maximum Gasteiger partial charge on any atom is 0.149 e. The number of hydrogen-bond acceptors (Lipinski definition) is 2. The summed E-state index contributed by atoms with van der Waals surface area (Å²) in [5.41, 5.74) is 5.77. The summed E-state index contributed by atoms with van der Waals surface area (Å²) in [5.74, 6) is 0.0954. The number of benzene rings is 1. The lowest BCUT2D eigenvalue weighted by Gasteiger charge is -2.18. The molecular weight excluding hydrogens is 205 g/mol. The molecule has 1 aliphatic carbocycles. The molecule has 1 fully saturated rings. The van der Waals surface area contributed by atoms with Crippen molar-refractivity contribution in [2.75, 3.05) is 5.73 Å². The molecule has 2 rings (SSSR count). The summed E-state index contributed by atoms with van der Waals surface area (Å²) < 4.78 is 19.0. The van der Waals surface area contributed by atoms with E-state index in [0.29, 0.717) is 5.75 Å². The van der Waals surface area contributed by atoms with Gasteiger partial charge in [-0.2, -0.15) is 0 Å². The molecule has 0 heterocycles. The zero-order valence-corrected chi connectivity index (χ0v) is 9.42. The van der Waals surface area contributed by atoms with Crippen LogP contribution in [-0.4, -0.2) is 6.10 Å². The lowest BCUT2D eigenvalue weighted by molar-refractivity contribution is 0.184. The Bertz CT molecular complexity index is 346. The van der Waals surface area contributed by atoms with E-state index in [0.717, 1.165) is 12.8 Å². The number of anilines is 1. The van der Waals surface area contributed by atoms with Crippen LogP contribution < -0.4 is 10.5 Å². The SMILES string of the molecule is Nc1c(F)cccc1OC1CCCCCC1. The molecule has 0 bridgehead atoms. The first-order chi connectivity index (χ1) is 7.77. The summed E-state index contributed by atoms with van der Waals surface area (Å²) in [6, 6.07) is 4.73. The third-order valence-corrected chi connectivity index (χ3v) is 3.11. The van der Waals surface area contributed by atoms with Gasteiger partial charge < -0.3 is 10.5 Å². The maximum absolute atomic E-state index is 13.2. The highest BCUT2D eigenvalue weighted by Gasteiger charge is 2.15. The number of hydrogen-bond donors (Lipinski definition) is 1. The quantitative estimate of drug-likeness (QED) is 0.615. The minimum atomic E-state index is -0.397. The lowest BCUT2D eigenvalue weighted by Crippen LogP contribution is -2.16. The molecular formula is C13H18FNO. The molecule has 0 aromatic heterocycles. The molecule has 88 valence electrons. The number of halogens is 1. The van der Waals surface area contributed by atoms with E-state index in [-0.39, 0.29) is 11.8 Å². The normalized spacial score (nSPS) is 18.1. The fourth-order valence-electron chi connectivity index (χ4n) is 2.16. The molecule has 0 aliphatic heterocycles. The van der Waals surface area contributed by atoms with Gasteiger partial charge in [0.1, 0.15) is 17.3 Å². The van der Waals surface area contributed by atoms with Gasteiger partial charge >= 0.3 is 0 Å². The Balaban J connectivity index is 2.04. The molecule has 2 nitrogen and oxygen atoms in total. The second-order valence-electron chi connectivity index (χ2n) is 4.38. The van der Waals surface area contributed by atoms with Crippen LogP contribution in [0, 0.1) is 5.82 Å². The van der Waals surface area contributed by atoms with Crippen molar-refractivity contribution >= 4 is 5.69 Å². The molecule has 1 aromatic carbocycles. The van der Waals surface area contributed by atoms with Gasteiger partial charge in [0, 0.05) is 0 Å². The summed E-state index contributed by atoms with van der Waals surface area (Å²) in [4.78, 5) is 0. The Morgan fingerprint density at radius 3 is 2.50 bits per heavy atom. The van der Waals surface area contributed by atoms with Crippen molar-refractivity contribution < 1.29 is 9.13 Å². The molecule has 1 saturated carbocycles. The van der Waals surface area contributed by atoms with E-state index in [1.165, 1.54) is 31.7 Å². The number of nitrogen functional groups attached to an aromatic ring is 1. The maximum atomic E-state index is 13.2. The molecule has 0 atom stereocenters. The fourth-order valence-corrected chi connectivity index (χ4v) is 2.16. The number of nitrogens with two attached hydrogens (primary N) is 1. The van der Waals surface area contributed by atoms with Crippen LogP contribution in [-0.2, 0) is 0 Å². The van der Waals surface area contributed by atoms with Crippen LogP contribution in [0.5, 0.6) is 5.75 Å². The van der Waals surface area contributed by atoms with Gasteiger partial charge in [-0.15, -0.1) is 0 Å². The summed E-state index contributed by atoms with van der Waals surface area (Å²) in [6.07, 6.45) is 7.24. The first kappa shape index (κ1) is 11.2. The summed E-state index contributed by atoms with van der Waals surface area (Å²) in [7, 11) is 0. The van der Waals surface area contributed by atoms with Crippen molar-refractivity contribution in [2.45, 2.75) is 44.6 Å². The van der Waals surface area contributed by atoms with E-state index in [1.54, 1.807) is 12.1 Å². The smallest absolute Gasteiger partial charge is 0.149 e. The second-order valence-corrected chi connectivity index (χ2v) is 4.38. The van der Waals surface area contributed by atoms with Crippen molar-refractivity contribution in [3.8, 4) is 5.75 Å². The van der Waals surface area contributed by atoms with Gasteiger partial charge in [-0.1, -0.05) is 18.9 Å². The Morgan fingerprint density at radius 1 is 1.12 bits per heavy atom. The van der Waals surface area contributed by atoms with Gasteiger partial charge in [-0.25, -0.2) is 4.39 Å². The zero-order valence-electron chi connectivity index (χ0n) is 9.42. The van der Waals surface area contributed by atoms with Crippen molar-refractivity contribution in [2.24, 2.45) is 0 Å². The summed E-state index contributed by atoms with van der Waals surface area (Å²) in [6.45, 7) is 0. The van der Waals surface area contributed by atoms with Gasteiger partial charge in [0.05, 0.1) is 6.10 Å². The van der Waals surface area contributed by atoms with Crippen LogP contribution in [0.2, 0.25) is 0 Å². The predicted molar refractivity (Wildman–Crippen MR) is 62.9 cm³/mol. The topological polar surface area (TPSA) is 35.2 Å². The Hall–Kier alpha value is -1.25. The van der Waals surface area contributed by atoms with Crippen LogP contribution in [0.25, 0.3) is 0 Å². The van der Waals surface area contributed by atoms with Gasteiger partial charge in [0.2, 0.25) is 0 Å². The molecule has 3 heteroatoms. The molecule has 0 amide bonds. The predicted octanol–water partition coefficient (Wildman–Crippen LogP) is 3.51. The fraction of sp³-hybridized carbons (Fsp3) is 0.538. The molecule has 0 saturated heterocycles. The molecule has 0 radical (unpaired) electrons. The largest absolute Gasteiger partial charge is 0.488 e. The molecule has 0 spiro atoms. The van der Waals surface area contributed by atoms with Crippen molar-refractivity contribution in [3.63, 3.8) is 0 Å². The third kappa shape index (κ3) is 2.65. The zero-order chi connectivity index (χ0) is 11.4. The lowest BCUT2D eigenvalue weighted by atomic mass is 10.1. The second kappa shape index (κ2) is 5.19. The van der Waals surface area contributed by atoms with Crippen molar-refractivity contribution in [3.05, 3.63) is 24.0 Å². The highest BCUT2D eigenvalue weighted by atomic mass is 19.1. The van der Waals surface area contributed by atoms with Crippen LogP contribution in [0.1, 0.15) is 38.5 Å². The van der Waals surface area contributed by atoms with Crippen LogP contribution in [0.15, 0.2) is 18.2 Å². The summed E-state index contributed by atoms with van der Waals surface area (Å²) >= 11 is 0. The number of ether oxygens (including phenoxy) is 1. The van der Waals surface area contributed by atoms with Crippen molar-refractivity contribution in [1.29, 1.82) is 0 Å². The Kier molecular flexibility index (Phi) is 3.65. The Labute approximate surface area is 95.6 Å². The van der Waals surface area contributed by atoms with E-state index >= 15 is 0 Å². The van der Waals surface area contributed by atoms with Crippen molar-refractivity contribution in [1.82, 2.24) is 0 Å². The van der Waals surface area contributed by atoms with E-state index in [1.807, 2.05) is 0 Å². The minimum Gasteiger partial charge on any atom is -0.488 e. The monoisotopic (exact) mass is 223 g/mol. The molecule has 1 aliphatic rings. The standard InChI is InChI=1S/C13H18FNO/c14-11-8-5-9-12(13(11)15)16-10-6-3-1-2-4-7-10/h5,8-10H,1-4,6-7,15H2. The van der Waals surface area contributed by atoms with Gasteiger partial charge in [0.15, 0.2) is 0 Å². The summed E-state index contributed by atoms with van der Waals surface area (Å²) in [5, 5.41) is 0. The van der Waals surface area contributed by atoms with E-state index in [2.05, 4.69) is 0 Å². The average molecular weight is 223 g/mol. The van der Waals surface area contributed by atoms with Gasteiger partial charge in [-0.3, -0.25) is 0 Å². The number of rotatable bonds is 2. The van der Waals surface area contributed by atoms with Crippen LogP contribution in [0.3, 0.4) is 0 Å². The highest BCUT2D eigenvalue weighted by molar-refractivity contribution is 5.53. The molecule has 16 heavy (non-hydrogen) atoms. The van der Waals surface area contributed by atoms with Gasteiger partial charge in [-0.05, 0) is 37.8 Å². The molecule has 1 aromatic rings. The van der Waals surface area contributed by atoms with E-state index < -0.39 is 5.82 Å². The Morgan fingerprint density at radius 2 is 1.81 bits per heavy atom. The first-order valence-electron chi connectivity index (χ1n) is 5.98. The van der Waals surface area contributed by atoms with Gasteiger partial charge in [0.25, 0.3) is 0 Å². The van der Waals surface area contributed by atoms with E-state index in [4.69, 9.17) is 10.5 Å². The minimum absolute atomic E-state index is 0.131. The van der Waals surface area contributed by atoms with Crippen LogP contribution in [0.4, 0.5) is 10.1 Å². The first-order valence-corrected chi connectivity index (χ1v) is 5.98.